The number of amides is 1. The smallest absolute Gasteiger partial charge is 0.263 e. The molecule has 1 aromatic heterocycles. The Kier molecular flexibility index (Phi) is 5.94. The van der Waals surface area contributed by atoms with Crippen LogP contribution in [0.2, 0.25) is 5.02 Å². The zero-order valence-corrected chi connectivity index (χ0v) is 14.6. The Hall–Kier alpha value is -1.43. The van der Waals surface area contributed by atoms with Crippen LogP contribution in [0.5, 0.6) is 0 Å². The van der Waals surface area contributed by atoms with Crippen LogP contribution in [0.3, 0.4) is 0 Å². The number of hydrogen-bond acceptors (Lipinski definition) is 4. The lowest BCUT2D eigenvalue weighted by atomic mass is 10.2. The van der Waals surface area contributed by atoms with Gasteiger partial charge in [0.15, 0.2) is 0 Å². The average Bonchev–Trinajstić information content (AvgIpc) is 2.86. The second-order valence-corrected chi connectivity index (χ2v) is 6.79. The number of aromatic nitrogens is 1. The van der Waals surface area contributed by atoms with Crippen molar-refractivity contribution in [3.05, 3.63) is 39.9 Å². The molecule has 118 valence electrons. The third-order valence-electron chi connectivity index (χ3n) is 3.16. The summed E-state index contributed by atoms with van der Waals surface area (Å²) < 4.78 is 0. The molecule has 22 heavy (non-hydrogen) atoms. The maximum absolute atomic E-state index is 12.2. The van der Waals surface area contributed by atoms with Crippen molar-refractivity contribution in [2.75, 3.05) is 27.2 Å². The molecule has 0 radical (unpaired) electrons. The number of carbonyl (C=O) groups is 1. The van der Waals surface area contributed by atoms with Crippen LogP contribution in [0.1, 0.15) is 21.8 Å². The van der Waals surface area contributed by atoms with Crippen molar-refractivity contribution in [1.82, 2.24) is 15.2 Å². The SMILES string of the molecule is Cc1nc(-c2ccc(Cl)cc2)sc1C(=O)NCCCN(C)C. The molecule has 0 fully saturated rings. The number of rotatable bonds is 6. The normalized spacial score (nSPS) is 11.0. The molecule has 0 unspecified atom stereocenters. The second-order valence-electron chi connectivity index (χ2n) is 5.35. The molecule has 2 rings (SSSR count). The first kappa shape index (κ1) is 16.9. The van der Waals surface area contributed by atoms with Crippen LogP contribution in [-0.2, 0) is 0 Å². The monoisotopic (exact) mass is 337 g/mol. The van der Waals surface area contributed by atoms with Gasteiger partial charge in [0.05, 0.1) is 5.69 Å². The lowest BCUT2D eigenvalue weighted by Gasteiger charge is -2.09. The minimum atomic E-state index is -0.0473. The number of benzene rings is 1. The van der Waals surface area contributed by atoms with Crippen molar-refractivity contribution in [2.45, 2.75) is 13.3 Å². The van der Waals surface area contributed by atoms with Crippen molar-refractivity contribution in [3.8, 4) is 10.6 Å². The molecule has 2 aromatic rings. The van der Waals surface area contributed by atoms with E-state index in [0.29, 0.717) is 16.4 Å². The van der Waals surface area contributed by atoms with Crippen molar-refractivity contribution in [2.24, 2.45) is 0 Å². The highest BCUT2D eigenvalue weighted by molar-refractivity contribution is 7.17. The molecule has 0 saturated heterocycles. The summed E-state index contributed by atoms with van der Waals surface area (Å²) in [5, 5.41) is 4.48. The van der Waals surface area contributed by atoms with Crippen molar-refractivity contribution < 1.29 is 4.79 Å². The van der Waals surface area contributed by atoms with Crippen LogP contribution >= 0.6 is 22.9 Å². The van der Waals surface area contributed by atoms with Crippen LogP contribution in [0.25, 0.3) is 10.6 Å². The molecule has 0 saturated carbocycles. The maximum Gasteiger partial charge on any atom is 0.263 e. The van der Waals surface area contributed by atoms with Gasteiger partial charge in [0.25, 0.3) is 5.91 Å². The minimum Gasteiger partial charge on any atom is -0.351 e. The standard InChI is InChI=1S/C16H20ClN3OS/c1-11-14(15(21)18-9-4-10-20(2)3)22-16(19-11)12-5-7-13(17)8-6-12/h5-8H,4,9-10H2,1-3H3,(H,18,21). The van der Waals surface area contributed by atoms with Crippen molar-refractivity contribution in [1.29, 1.82) is 0 Å². The van der Waals surface area contributed by atoms with Crippen LogP contribution in [0, 0.1) is 6.92 Å². The fourth-order valence-corrected chi connectivity index (χ4v) is 3.11. The highest BCUT2D eigenvalue weighted by Gasteiger charge is 2.15. The zero-order chi connectivity index (χ0) is 16.1. The summed E-state index contributed by atoms with van der Waals surface area (Å²) in [6, 6.07) is 7.49. The Morgan fingerprint density at radius 1 is 1.32 bits per heavy atom. The van der Waals surface area contributed by atoms with Gasteiger partial charge in [-0.15, -0.1) is 11.3 Å². The third-order valence-corrected chi connectivity index (χ3v) is 4.62. The highest BCUT2D eigenvalue weighted by Crippen LogP contribution is 2.28. The van der Waals surface area contributed by atoms with E-state index in [2.05, 4.69) is 15.2 Å². The van der Waals surface area contributed by atoms with Gasteiger partial charge in [-0.05, 0) is 46.1 Å². The third kappa shape index (κ3) is 4.53. The Bertz CT molecular complexity index is 637. The van der Waals surface area contributed by atoms with E-state index in [-0.39, 0.29) is 5.91 Å². The Morgan fingerprint density at radius 3 is 2.64 bits per heavy atom. The van der Waals surface area contributed by atoms with E-state index in [1.165, 1.54) is 11.3 Å². The van der Waals surface area contributed by atoms with Crippen LogP contribution < -0.4 is 5.32 Å². The number of nitrogens with one attached hydrogen (secondary N) is 1. The summed E-state index contributed by atoms with van der Waals surface area (Å²) in [5.74, 6) is -0.0473. The summed E-state index contributed by atoms with van der Waals surface area (Å²) in [6.07, 6.45) is 0.931. The van der Waals surface area contributed by atoms with E-state index >= 15 is 0 Å². The fourth-order valence-electron chi connectivity index (χ4n) is 2.00. The van der Waals surface area contributed by atoms with Gasteiger partial charge < -0.3 is 10.2 Å². The summed E-state index contributed by atoms with van der Waals surface area (Å²) >= 11 is 7.31. The predicted molar refractivity (Wildman–Crippen MR) is 92.8 cm³/mol. The van der Waals surface area contributed by atoms with Gasteiger partial charge in [-0.25, -0.2) is 4.98 Å². The van der Waals surface area contributed by atoms with Crippen LogP contribution in [0.4, 0.5) is 0 Å². The Morgan fingerprint density at radius 2 is 2.00 bits per heavy atom. The number of nitrogens with zero attached hydrogens (tertiary/aromatic N) is 2. The van der Waals surface area contributed by atoms with Gasteiger partial charge in [0.1, 0.15) is 9.88 Å². The predicted octanol–water partition coefficient (Wildman–Crippen LogP) is 3.45. The van der Waals surface area contributed by atoms with Gasteiger partial charge in [0, 0.05) is 17.1 Å². The molecule has 6 heteroatoms. The topological polar surface area (TPSA) is 45.2 Å². The van der Waals surface area contributed by atoms with Crippen molar-refractivity contribution in [3.63, 3.8) is 0 Å². The van der Waals surface area contributed by atoms with E-state index in [1.54, 1.807) is 0 Å². The molecule has 1 amide bonds. The van der Waals surface area contributed by atoms with Gasteiger partial charge in [-0.3, -0.25) is 4.79 Å². The van der Waals surface area contributed by atoms with Gasteiger partial charge >= 0.3 is 0 Å². The van der Waals surface area contributed by atoms with Crippen LogP contribution in [-0.4, -0.2) is 43.0 Å². The first-order valence-electron chi connectivity index (χ1n) is 7.13. The summed E-state index contributed by atoms with van der Waals surface area (Å²) in [4.78, 5) is 19.5. The molecule has 1 aromatic carbocycles. The average molecular weight is 338 g/mol. The van der Waals surface area contributed by atoms with E-state index in [0.717, 1.165) is 29.2 Å². The van der Waals surface area contributed by atoms with E-state index in [1.807, 2.05) is 45.3 Å². The molecule has 0 aliphatic heterocycles. The van der Waals surface area contributed by atoms with E-state index in [4.69, 9.17) is 11.6 Å². The first-order chi connectivity index (χ1) is 10.5. The molecule has 0 spiro atoms. The summed E-state index contributed by atoms with van der Waals surface area (Å²) in [6.45, 7) is 3.49. The largest absolute Gasteiger partial charge is 0.351 e. The lowest BCUT2D eigenvalue weighted by molar-refractivity contribution is 0.0955. The lowest BCUT2D eigenvalue weighted by Crippen LogP contribution is -2.26. The molecule has 0 bridgehead atoms. The van der Waals surface area contributed by atoms with E-state index in [9.17, 15) is 4.79 Å². The molecule has 0 atom stereocenters. The highest BCUT2D eigenvalue weighted by atomic mass is 35.5. The van der Waals surface area contributed by atoms with Gasteiger partial charge in [-0.1, -0.05) is 23.7 Å². The molecular weight excluding hydrogens is 318 g/mol. The van der Waals surface area contributed by atoms with Crippen LogP contribution in [0.15, 0.2) is 24.3 Å². The molecule has 4 nitrogen and oxygen atoms in total. The quantitative estimate of drug-likeness (QED) is 0.821. The second kappa shape index (κ2) is 7.72. The number of hydrogen-bond donors (Lipinski definition) is 1. The number of aryl methyl sites for hydroxylation is 1. The molecule has 0 aliphatic carbocycles. The number of thiazole rings is 1. The number of carbonyl (C=O) groups excluding carboxylic acids is 1. The van der Waals surface area contributed by atoms with Gasteiger partial charge in [-0.2, -0.15) is 0 Å². The summed E-state index contributed by atoms with van der Waals surface area (Å²) in [5.41, 5.74) is 1.74. The minimum absolute atomic E-state index is 0.0473. The maximum atomic E-state index is 12.2. The first-order valence-corrected chi connectivity index (χ1v) is 8.33. The van der Waals surface area contributed by atoms with E-state index < -0.39 is 0 Å². The summed E-state index contributed by atoms with van der Waals surface area (Å²) in [7, 11) is 4.04. The fraction of sp³-hybridized carbons (Fsp3) is 0.375. The van der Waals surface area contributed by atoms with Gasteiger partial charge in [0.2, 0.25) is 0 Å². The Labute approximate surface area is 140 Å². The molecule has 1 heterocycles. The zero-order valence-electron chi connectivity index (χ0n) is 13.0. The van der Waals surface area contributed by atoms with Crippen molar-refractivity contribution >= 4 is 28.8 Å². The molecule has 1 N–H and O–H groups in total. The molecular formula is C16H20ClN3OS. The number of halogens is 1. The molecule has 0 aliphatic rings. The Balaban J connectivity index is 2.03.